The average Bonchev–Trinajstić information content (AvgIpc) is 2.84. The number of ether oxygens (including phenoxy) is 1. The Labute approximate surface area is 152 Å². The molecule has 1 aromatic carbocycles. The zero-order valence-electron chi connectivity index (χ0n) is 14.7. The fourth-order valence-corrected chi connectivity index (χ4v) is 3.28. The van der Waals surface area contributed by atoms with Crippen LogP contribution in [0.15, 0.2) is 24.3 Å². The van der Waals surface area contributed by atoms with Crippen molar-refractivity contribution >= 4 is 17.6 Å². The van der Waals surface area contributed by atoms with Crippen molar-refractivity contribution in [2.75, 3.05) is 50.8 Å². The summed E-state index contributed by atoms with van der Waals surface area (Å²) in [4.78, 5) is 28.1. The molecule has 26 heavy (non-hydrogen) atoms. The molecule has 3 amide bonds. The van der Waals surface area contributed by atoms with Gasteiger partial charge in [-0.1, -0.05) is 12.1 Å². The molecule has 2 heterocycles. The van der Waals surface area contributed by atoms with Crippen LogP contribution >= 0.6 is 0 Å². The number of rotatable bonds is 5. The molecule has 0 aromatic heterocycles. The Bertz CT molecular complexity index is 635. The molecule has 1 unspecified atom stereocenters. The van der Waals surface area contributed by atoms with E-state index in [2.05, 4.69) is 15.5 Å². The molecule has 7 nitrogen and oxygen atoms in total. The van der Waals surface area contributed by atoms with E-state index in [1.807, 2.05) is 0 Å². The number of hydrogen-bond acceptors (Lipinski definition) is 4. The molecule has 2 aliphatic rings. The Kier molecular flexibility index (Phi) is 6.40. The largest absolute Gasteiger partial charge is 0.380 e. The van der Waals surface area contributed by atoms with E-state index in [-0.39, 0.29) is 17.6 Å². The highest BCUT2D eigenvalue weighted by atomic mass is 19.1. The Hall–Kier alpha value is -2.19. The SMILES string of the molecule is O=C(NCCN1CCCOCC1)NC1CCN(c2ccccc2F)C1=O. The van der Waals surface area contributed by atoms with E-state index in [0.29, 0.717) is 26.1 Å². The van der Waals surface area contributed by atoms with Gasteiger partial charge in [-0.2, -0.15) is 0 Å². The number of benzene rings is 1. The summed E-state index contributed by atoms with van der Waals surface area (Å²) in [6.07, 6.45) is 1.46. The molecule has 1 atom stereocenters. The Morgan fingerprint density at radius 2 is 2.08 bits per heavy atom. The number of anilines is 1. The minimum atomic E-state index is -0.624. The van der Waals surface area contributed by atoms with E-state index < -0.39 is 11.9 Å². The Balaban J connectivity index is 1.43. The topological polar surface area (TPSA) is 73.9 Å². The first kappa shape index (κ1) is 18.6. The lowest BCUT2D eigenvalue weighted by Crippen LogP contribution is -2.47. The fourth-order valence-electron chi connectivity index (χ4n) is 3.28. The standard InChI is InChI=1S/C18H25FN4O3/c19-14-4-1-2-5-16(14)23-9-6-15(17(23)24)21-18(25)20-7-10-22-8-3-12-26-13-11-22/h1-2,4-5,15H,3,6-13H2,(H2,20,21,25). The summed E-state index contributed by atoms with van der Waals surface area (Å²) < 4.78 is 19.3. The molecule has 3 rings (SSSR count). The van der Waals surface area contributed by atoms with Crippen LogP contribution in [0.3, 0.4) is 0 Å². The number of nitrogens with zero attached hydrogens (tertiary/aromatic N) is 2. The van der Waals surface area contributed by atoms with Gasteiger partial charge >= 0.3 is 6.03 Å². The molecule has 2 aliphatic heterocycles. The van der Waals surface area contributed by atoms with E-state index in [4.69, 9.17) is 4.74 Å². The molecule has 0 saturated carbocycles. The second-order valence-corrected chi connectivity index (χ2v) is 6.49. The molecule has 1 aromatic rings. The molecular formula is C18H25FN4O3. The van der Waals surface area contributed by atoms with Crippen molar-refractivity contribution < 1.29 is 18.7 Å². The van der Waals surface area contributed by atoms with Crippen molar-refractivity contribution in [3.05, 3.63) is 30.1 Å². The first-order valence-corrected chi connectivity index (χ1v) is 9.05. The van der Waals surface area contributed by atoms with Crippen molar-refractivity contribution in [1.29, 1.82) is 0 Å². The number of carbonyl (C=O) groups excluding carboxylic acids is 2. The van der Waals surface area contributed by atoms with Gasteiger partial charge in [0.2, 0.25) is 5.91 Å². The smallest absolute Gasteiger partial charge is 0.315 e. The van der Waals surface area contributed by atoms with Crippen molar-refractivity contribution in [2.45, 2.75) is 18.9 Å². The third-order valence-electron chi connectivity index (χ3n) is 4.68. The quantitative estimate of drug-likeness (QED) is 0.816. The fraction of sp³-hybridized carbons (Fsp3) is 0.556. The summed E-state index contributed by atoms with van der Waals surface area (Å²) in [5, 5.41) is 5.48. The molecule has 0 bridgehead atoms. The summed E-state index contributed by atoms with van der Waals surface area (Å²) >= 11 is 0. The zero-order valence-corrected chi connectivity index (χ0v) is 14.7. The van der Waals surface area contributed by atoms with Crippen molar-refractivity contribution in [3.8, 4) is 0 Å². The van der Waals surface area contributed by atoms with Crippen molar-refractivity contribution in [1.82, 2.24) is 15.5 Å². The molecule has 2 N–H and O–H groups in total. The highest BCUT2D eigenvalue weighted by Gasteiger charge is 2.34. The Morgan fingerprint density at radius 1 is 1.23 bits per heavy atom. The molecule has 0 radical (unpaired) electrons. The van der Waals surface area contributed by atoms with Gasteiger partial charge in [0.25, 0.3) is 0 Å². The molecular weight excluding hydrogens is 339 g/mol. The van der Waals surface area contributed by atoms with Crippen LogP contribution in [0.5, 0.6) is 0 Å². The third kappa shape index (κ3) is 4.70. The zero-order chi connectivity index (χ0) is 18.4. The normalized spacial score (nSPS) is 21.5. The number of amides is 3. The van der Waals surface area contributed by atoms with E-state index in [1.54, 1.807) is 18.2 Å². The van der Waals surface area contributed by atoms with E-state index >= 15 is 0 Å². The molecule has 8 heteroatoms. The number of carbonyl (C=O) groups is 2. The third-order valence-corrected chi connectivity index (χ3v) is 4.68. The summed E-state index contributed by atoms with van der Waals surface area (Å²) in [5.74, 6) is -0.720. The van der Waals surface area contributed by atoms with Crippen LogP contribution in [0.2, 0.25) is 0 Å². The number of nitrogens with one attached hydrogen (secondary N) is 2. The highest BCUT2D eigenvalue weighted by molar-refractivity contribution is 6.01. The first-order chi connectivity index (χ1) is 12.6. The van der Waals surface area contributed by atoms with Gasteiger partial charge in [0.05, 0.1) is 12.3 Å². The van der Waals surface area contributed by atoms with Crippen LogP contribution in [0.4, 0.5) is 14.9 Å². The summed E-state index contributed by atoms with van der Waals surface area (Å²) in [6.45, 7) is 4.96. The predicted molar refractivity (Wildman–Crippen MR) is 95.6 cm³/mol. The number of urea groups is 1. The maximum absolute atomic E-state index is 13.9. The predicted octanol–water partition coefficient (Wildman–Crippen LogP) is 0.953. The van der Waals surface area contributed by atoms with Gasteiger partial charge in [-0.15, -0.1) is 0 Å². The van der Waals surface area contributed by atoms with Gasteiger partial charge in [-0.3, -0.25) is 9.69 Å². The van der Waals surface area contributed by atoms with Gasteiger partial charge in [0.15, 0.2) is 0 Å². The monoisotopic (exact) mass is 364 g/mol. The van der Waals surface area contributed by atoms with Crippen LogP contribution in [0, 0.1) is 5.82 Å². The molecule has 2 fully saturated rings. The summed E-state index contributed by atoms with van der Waals surface area (Å²) in [6, 6.07) is 5.17. The van der Waals surface area contributed by atoms with E-state index in [0.717, 1.165) is 32.7 Å². The average molecular weight is 364 g/mol. The maximum atomic E-state index is 13.9. The minimum absolute atomic E-state index is 0.255. The maximum Gasteiger partial charge on any atom is 0.315 e. The minimum Gasteiger partial charge on any atom is -0.380 e. The van der Waals surface area contributed by atoms with Gasteiger partial charge in [0.1, 0.15) is 11.9 Å². The second-order valence-electron chi connectivity index (χ2n) is 6.49. The van der Waals surface area contributed by atoms with E-state index in [1.165, 1.54) is 11.0 Å². The molecule has 142 valence electrons. The van der Waals surface area contributed by atoms with Gasteiger partial charge in [-0.25, -0.2) is 9.18 Å². The second kappa shape index (κ2) is 8.95. The van der Waals surface area contributed by atoms with Gasteiger partial charge in [-0.05, 0) is 25.0 Å². The van der Waals surface area contributed by atoms with Crippen LogP contribution in [0.1, 0.15) is 12.8 Å². The lowest BCUT2D eigenvalue weighted by molar-refractivity contribution is -0.118. The van der Waals surface area contributed by atoms with Crippen LogP contribution < -0.4 is 15.5 Å². The molecule has 2 saturated heterocycles. The van der Waals surface area contributed by atoms with Crippen molar-refractivity contribution in [2.24, 2.45) is 0 Å². The highest BCUT2D eigenvalue weighted by Crippen LogP contribution is 2.24. The van der Waals surface area contributed by atoms with Gasteiger partial charge in [0, 0.05) is 39.3 Å². The summed E-state index contributed by atoms with van der Waals surface area (Å²) in [7, 11) is 0. The lowest BCUT2D eigenvalue weighted by atomic mass is 10.2. The molecule has 0 aliphatic carbocycles. The first-order valence-electron chi connectivity index (χ1n) is 9.05. The number of halogens is 1. The van der Waals surface area contributed by atoms with Crippen LogP contribution in [0.25, 0.3) is 0 Å². The number of hydrogen-bond donors (Lipinski definition) is 2. The van der Waals surface area contributed by atoms with Crippen molar-refractivity contribution in [3.63, 3.8) is 0 Å². The van der Waals surface area contributed by atoms with Crippen LogP contribution in [-0.4, -0.2) is 68.8 Å². The lowest BCUT2D eigenvalue weighted by Gasteiger charge is -2.20. The van der Waals surface area contributed by atoms with Crippen LogP contribution in [-0.2, 0) is 9.53 Å². The Morgan fingerprint density at radius 3 is 2.92 bits per heavy atom. The summed E-state index contributed by atoms with van der Waals surface area (Å²) in [5.41, 5.74) is 0.255. The van der Waals surface area contributed by atoms with Gasteiger partial charge < -0.3 is 20.3 Å². The number of para-hydroxylation sites is 1. The van der Waals surface area contributed by atoms with E-state index in [9.17, 15) is 14.0 Å². The molecule has 0 spiro atoms.